The number of piperazine rings is 1. The van der Waals surface area contributed by atoms with Gasteiger partial charge in [-0.2, -0.15) is 4.98 Å². The van der Waals surface area contributed by atoms with Gasteiger partial charge >= 0.3 is 0 Å². The maximum atomic E-state index is 12.4. The number of anilines is 1. The third kappa shape index (κ3) is 3.52. The molecule has 1 saturated heterocycles. The van der Waals surface area contributed by atoms with Crippen LogP contribution in [0.1, 0.15) is 10.6 Å². The zero-order valence-corrected chi connectivity index (χ0v) is 16.0. The number of carbonyl (C=O) groups is 1. The van der Waals surface area contributed by atoms with Crippen molar-refractivity contribution in [3.05, 3.63) is 66.6 Å². The number of aromatic nitrogens is 4. The Balaban J connectivity index is 1.24. The lowest BCUT2D eigenvalue weighted by molar-refractivity contribution is 0.0714. The van der Waals surface area contributed by atoms with Gasteiger partial charge in [-0.15, -0.1) is 10.2 Å². The normalized spacial score (nSPS) is 14.1. The Labute approximate surface area is 171 Å². The number of rotatable bonds is 4. The van der Waals surface area contributed by atoms with Crippen molar-refractivity contribution in [2.24, 2.45) is 0 Å². The van der Waals surface area contributed by atoms with Crippen LogP contribution in [-0.2, 0) is 0 Å². The molecule has 0 unspecified atom stereocenters. The average molecular weight is 402 g/mol. The number of hydrogen-bond acceptors (Lipinski definition) is 8. The van der Waals surface area contributed by atoms with E-state index in [0.717, 1.165) is 11.4 Å². The lowest BCUT2D eigenvalue weighted by atomic mass is 10.2. The predicted octanol–water partition coefficient (Wildman–Crippen LogP) is 2.75. The van der Waals surface area contributed by atoms with E-state index in [9.17, 15) is 4.79 Å². The molecule has 9 heteroatoms. The number of carbonyl (C=O) groups excluding carboxylic acids is 1. The Morgan fingerprint density at radius 2 is 1.73 bits per heavy atom. The molecule has 1 aliphatic rings. The summed E-state index contributed by atoms with van der Waals surface area (Å²) >= 11 is 0. The highest BCUT2D eigenvalue weighted by Crippen LogP contribution is 2.22. The van der Waals surface area contributed by atoms with Gasteiger partial charge in [0.15, 0.2) is 17.3 Å². The number of furan rings is 1. The standard InChI is InChI=1S/C21H18N6O3/c28-21(17-7-4-14-29-17)27-12-10-26(11-13-27)18-9-8-16(23-24-18)20-22-19(25-30-20)15-5-2-1-3-6-15/h1-9,14H,10-13H2. The Hall–Kier alpha value is -4.01. The number of hydrogen-bond donors (Lipinski definition) is 0. The first-order chi connectivity index (χ1) is 14.8. The van der Waals surface area contributed by atoms with Crippen molar-refractivity contribution in [1.29, 1.82) is 0 Å². The minimum absolute atomic E-state index is 0.0910. The summed E-state index contributed by atoms with van der Waals surface area (Å²) in [6.07, 6.45) is 1.51. The first-order valence-corrected chi connectivity index (χ1v) is 9.59. The molecule has 4 heterocycles. The molecule has 3 aromatic heterocycles. The molecule has 0 saturated carbocycles. The zero-order valence-electron chi connectivity index (χ0n) is 16.0. The second-order valence-corrected chi connectivity index (χ2v) is 6.82. The fourth-order valence-electron chi connectivity index (χ4n) is 3.33. The van der Waals surface area contributed by atoms with E-state index in [0.29, 0.717) is 49.3 Å². The van der Waals surface area contributed by atoms with Crippen LogP contribution in [0.4, 0.5) is 5.82 Å². The Morgan fingerprint density at radius 3 is 2.43 bits per heavy atom. The largest absolute Gasteiger partial charge is 0.459 e. The summed E-state index contributed by atoms with van der Waals surface area (Å²) in [4.78, 5) is 20.6. The minimum atomic E-state index is -0.0910. The van der Waals surface area contributed by atoms with Crippen LogP contribution in [0.2, 0.25) is 0 Å². The average Bonchev–Trinajstić information content (AvgIpc) is 3.52. The van der Waals surface area contributed by atoms with Crippen LogP contribution in [0.5, 0.6) is 0 Å². The second kappa shape index (κ2) is 7.78. The lowest BCUT2D eigenvalue weighted by Crippen LogP contribution is -2.49. The smallest absolute Gasteiger partial charge is 0.289 e. The molecule has 1 aliphatic heterocycles. The van der Waals surface area contributed by atoms with Gasteiger partial charge in [0.2, 0.25) is 5.82 Å². The molecule has 0 aliphatic carbocycles. The molecule has 9 nitrogen and oxygen atoms in total. The molecule has 0 spiro atoms. The first-order valence-electron chi connectivity index (χ1n) is 9.59. The van der Waals surface area contributed by atoms with Crippen molar-refractivity contribution < 1.29 is 13.7 Å². The summed E-state index contributed by atoms with van der Waals surface area (Å²) in [5.74, 6) is 1.84. The number of nitrogens with zero attached hydrogens (tertiary/aromatic N) is 6. The summed E-state index contributed by atoms with van der Waals surface area (Å²) < 4.78 is 10.5. The van der Waals surface area contributed by atoms with E-state index in [4.69, 9.17) is 8.94 Å². The fraction of sp³-hybridized carbons (Fsp3) is 0.190. The Morgan fingerprint density at radius 1 is 0.900 bits per heavy atom. The van der Waals surface area contributed by atoms with Gasteiger partial charge < -0.3 is 18.7 Å². The molecule has 0 N–H and O–H groups in total. The summed E-state index contributed by atoms with van der Waals surface area (Å²) in [6.45, 7) is 2.51. The van der Waals surface area contributed by atoms with E-state index in [-0.39, 0.29) is 5.91 Å². The molecule has 0 radical (unpaired) electrons. The maximum absolute atomic E-state index is 12.4. The summed E-state index contributed by atoms with van der Waals surface area (Å²) in [5.41, 5.74) is 1.39. The van der Waals surface area contributed by atoms with Crippen molar-refractivity contribution in [2.45, 2.75) is 0 Å². The highest BCUT2D eigenvalue weighted by molar-refractivity contribution is 5.91. The van der Waals surface area contributed by atoms with Gasteiger partial charge in [-0.05, 0) is 24.3 Å². The lowest BCUT2D eigenvalue weighted by Gasteiger charge is -2.34. The number of amides is 1. The van der Waals surface area contributed by atoms with Crippen LogP contribution in [0.15, 0.2) is 69.8 Å². The zero-order chi connectivity index (χ0) is 20.3. The first kappa shape index (κ1) is 18.0. The highest BCUT2D eigenvalue weighted by Gasteiger charge is 2.24. The van der Waals surface area contributed by atoms with Crippen molar-refractivity contribution in [1.82, 2.24) is 25.2 Å². The molecular weight excluding hydrogens is 384 g/mol. The quantitative estimate of drug-likeness (QED) is 0.514. The van der Waals surface area contributed by atoms with Gasteiger partial charge in [0.1, 0.15) is 0 Å². The van der Waals surface area contributed by atoms with Gasteiger partial charge in [-0.1, -0.05) is 35.5 Å². The molecule has 30 heavy (non-hydrogen) atoms. The van der Waals surface area contributed by atoms with Crippen LogP contribution in [-0.4, -0.2) is 57.3 Å². The van der Waals surface area contributed by atoms with Crippen LogP contribution < -0.4 is 4.90 Å². The SMILES string of the molecule is O=C(c1ccco1)N1CCN(c2ccc(-c3nc(-c4ccccc4)no3)nn2)CC1. The van der Waals surface area contributed by atoms with E-state index >= 15 is 0 Å². The molecule has 1 aromatic carbocycles. The van der Waals surface area contributed by atoms with E-state index in [1.54, 1.807) is 17.0 Å². The maximum Gasteiger partial charge on any atom is 0.289 e. The van der Waals surface area contributed by atoms with Crippen molar-refractivity contribution in [2.75, 3.05) is 31.1 Å². The second-order valence-electron chi connectivity index (χ2n) is 6.82. The fourth-order valence-corrected chi connectivity index (χ4v) is 3.33. The van der Waals surface area contributed by atoms with Crippen molar-refractivity contribution in [3.8, 4) is 23.0 Å². The predicted molar refractivity (Wildman–Crippen MR) is 108 cm³/mol. The molecule has 1 amide bonds. The van der Waals surface area contributed by atoms with E-state index in [2.05, 4.69) is 25.2 Å². The molecule has 1 fully saturated rings. The third-order valence-corrected chi connectivity index (χ3v) is 4.95. The molecule has 0 atom stereocenters. The van der Waals surface area contributed by atoms with Crippen molar-refractivity contribution in [3.63, 3.8) is 0 Å². The molecular formula is C21H18N6O3. The molecule has 4 aromatic rings. The highest BCUT2D eigenvalue weighted by atomic mass is 16.5. The van der Waals surface area contributed by atoms with Crippen LogP contribution in [0, 0.1) is 0 Å². The number of benzene rings is 1. The van der Waals surface area contributed by atoms with Crippen molar-refractivity contribution >= 4 is 11.7 Å². The van der Waals surface area contributed by atoms with Crippen LogP contribution in [0.25, 0.3) is 23.0 Å². The Bertz CT molecular complexity index is 1120. The van der Waals surface area contributed by atoms with E-state index in [1.165, 1.54) is 6.26 Å². The summed E-state index contributed by atoms with van der Waals surface area (Å²) in [7, 11) is 0. The monoisotopic (exact) mass is 402 g/mol. The van der Waals surface area contributed by atoms with Gasteiger partial charge in [0, 0.05) is 31.7 Å². The molecule has 5 rings (SSSR count). The van der Waals surface area contributed by atoms with Gasteiger partial charge in [0.05, 0.1) is 6.26 Å². The van der Waals surface area contributed by atoms with Gasteiger partial charge in [0.25, 0.3) is 11.8 Å². The summed E-state index contributed by atoms with van der Waals surface area (Å²) in [6, 6.07) is 16.7. The van der Waals surface area contributed by atoms with Gasteiger partial charge in [-0.25, -0.2) is 0 Å². The van der Waals surface area contributed by atoms with E-state index < -0.39 is 0 Å². The van der Waals surface area contributed by atoms with Crippen LogP contribution in [0.3, 0.4) is 0 Å². The summed E-state index contributed by atoms with van der Waals surface area (Å²) in [5, 5.41) is 12.6. The molecule has 0 bridgehead atoms. The third-order valence-electron chi connectivity index (χ3n) is 4.95. The van der Waals surface area contributed by atoms with E-state index in [1.807, 2.05) is 42.5 Å². The van der Waals surface area contributed by atoms with Gasteiger partial charge in [-0.3, -0.25) is 4.79 Å². The molecule has 150 valence electrons. The minimum Gasteiger partial charge on any atom is -0.459 e. The Kier molecular flexibility index (Phi) is 4.68. The van der Waals surface area contributed by atoms with Crippen LogP contribution >= 0.6 is 0 Å². The topological polar surface area (TPSA) is 101 Å².